The van der Waals surface area contributed by atoms with E-state index in [1.807, 2.05) is 37.3 Å². The number of hydrogen-bond donors (Lipinski definition) is 0. The predicted octanol–water partition coefficient (Wildman–Crippen LogP) is 1.73. The molecule has 0 spiro atoms. The lowest BCUT2D eigenvalue weighted by Gasteiger charge is -2.13. The van der Waals surface area contributed by atoms with Gasteiger partial charge in [-0.15, -0.1) is 0 Å². The minimum Gasteiger partial charge on any atom is -0.469 e. The number of carbonyl (C=O) groups excluding carboxylic acids is 1. The molecule has 1 aliphatic heterocycles. The number of nitrogens with zero attached hydrogens (tertiary/aromatic N) is 1. The Balaban J connectivity index is 2.11. The summed E-state index contributed by atoms with van der Waals surface area (Å²) >= 11 is 0. The molecule has 114 valence electrons. The topological polar surface area (TPSA) is 63.7 Å². The van der Waals surface area contributed by atoms with Gasteiger partial charge in [0.2, 0.25) is 10.0 Å². The van der Waals surface area contributed by atoms with E-state index in [0.29, 0.717) is 6.54 Å². The van der Waals surface area contributed by atoms with Gasteiger partial charge in [-0.05, 0) is 17.6 Å². The lowest BCUT2D eigenvalue weighted by molar-refractivity contribution is -0.145. The van der Waals surface area contributed by atoms with Crippen LogP contribution in [0.1, 0.15) is 12.5 Å². The summed E-state index contributed by atoms with van der Waals surface area (Å²) in [5.74, 6) is -0.792. The number of esters is 1. The second kappa shape index (κ2) is 6.41. The molecule has 5 nitrogen and oxygen atoms in total. The van der Waals surface area contributed by atoms with E-state index >= 15 is 0 Å². The Kier molecular flexibility index (Phi) is 4.80. The van der Waals surface area contributed by atoms with Crippen molar-refractivity contribution < 1.29 is 17.9 Å². The van der Waals surface area contributed by atoms with Crippen LogP contribution in [0.2, 0.25) is 0 Å². The van der Waals surface area contributed by atoms with Crippen molar-refractivity contribution in [3.63, 3.8) is 0 Å². The van der Waals surface area contributed by atoms with Crippen LogP contribution in [0.4, 0.5) is 0 Å². The van der Waals surface area contributed by atoms with Crippen LogP contribution >= 0.6 is 0 Å². The highest BCUT2D eigenvalue weighted by atomic mass is 32.2. The Morgan fingerprint density at radius 1 is 1.29 bits per heavy atom. The van der Waals surface area contributed by atoms with Crippen molar-refractivity contribution in [1.29, 1.82) is 0 Å². The first-order valence-corrected chi connectivity index (χ1v) is 8.25. The predicted molar refractivity (Wildman–Crippen MR) is 80.6 cm³/mol. The maximum absolute atomic E-state index is 12.3. The van der Waals surface area contributed by atoms with Gasteiger partial charge in [0, 0.05) is 18.5 Å². The number of ether oxygens (including phenoxy) is 1. The number of sulfonamides is 1. The number of methoxy groups -OCH3 is 1. The van der Waals surface area contributed by atoms with Crippen molar-refractivity contribution in [2.24, 2.45) is 11.8 Å². The Hall–Kier alpha value is -1.66. The fourth-order valence-electron chi connectivity index (χ4n) is 2.40. The summed E-state index contributed by atoms with van der Waals surface area (Å²) in [7, 11) is -2.20. The van der Waals surface area contributed by atoms with Gasteiger partial charge in [0.15, 0.2) is 0 Å². The molecular weight excluding hydrogens is 290 g/mol. The van der Waals surface area contributed by atoms with Crippen LogP contribution in [0.25, 0.3) is 6.08 Å². The van der Waals surface area contributed by atoms with Gasteiger partial charge < -0.3 is 4.74 Å². The minimum atomic E-state index is -3.52. The molecule has 2 unspecified atom stereocenters. The van der Waals surface area contributed by atoms with Crippen LogP contribution in [0.3, 0.4) is 0 Å². The van der Waals surface area contributed by atoms with Crippen molar-refractivity contribution >= 4 is 22.1 Å². The number of rotatable bonds is 4. The summed E-state index contributed by atoms with van der Waals surface area (Å²) in [6.45, 7) is 2.37. The minimum absolute atomic E-state index is 0.0441. The Labute approximate surface area is 125 Å². The first kappa shape index (κ1) is 15.7. The highest BCUT2D eigenvalue weighted by Gasteiger charge is 2.39. The van der Waals surface area contributed by atoms with Crippen LogP contribution in [0.15, 0.2) is 35.7 Å². The van der Waals surface area contributed by atoms with E-state index in [9.17, 15) is 13.2 Å². The van der Waals surface area contributed by atoms with Gasteiger partial charge in [-0.25, -0.2) is 8.42 Å². The van der Waals surface area contributed by atoms with Crippen molar-refractivity contribution in [2.45, 2.75) is 6.92 Å². The summed E-state index contributed by atoms with van der Waals surface area (Å²) < 4.78 is 30.6. The van der Waals surface area contributed by atoms with Crippen molar-refractivity contribution in [3.05, 3.63) is 41.3 Å². The van der Waals surface area contributed by atoms with Crippen LogP contribution in [-0.2, 0) is 19.6 Å². The zero-order valence-electron chi connectivity index (χ0n) is 12.1. The zero-order valence-corrected chi connectivity index (χ0v) is 12.9. The molecule has 0 amide bonds. The fourth-order valence-corrected chi connectivity index (χ4v) is 3.72. The number of hydrogen-bond acceptors (Lipinski definition) is 4. The highest BCUT2D eigenvalue weighted by Crippen LogP contribution is 2.27. The molecule has 1 aliphatic rings. The standard InChI is InChI=1S/C15H19NO4S/c1-12-10-16(11-14(12)15(17)20-2)21(18,19)9-8-13-6-4-3-5-7-13/h3-9,12,14H,10-11H2,1-2H3/b9-8+. The van der Waals surface area contributed by atoms with Crippen LogP contribution in [0.5, 0.6) is 0 Å². The third-order valence-corrected chi connectivity index (χ3v) is 5.17. The monoisotopic (exact) mass is 309 g/mol. The summed E-state index contributed by atoms with van der Waals surface area (Å²) in [6.07, 6.45) is 1.56. The molecule has 0 radical (unpaired) electrons. The maximum Gasteiger partial charge on any atom is 0.310 e. The van der Waals surface area contributed by atoms with Gasteiger partial charge >= 0.3 is 5.97 Å². The summed E-state index contributed by atoms with van der Waals surface area (Å²) in [4.78, 5) is 11.6. The van der Waals surface area contributed by atoms with Crippen LogP contribution in [0, 0.1) is 11.8 Å². The number of benzene rings is 1. The zero-order chi connectivity index (χ0) is 15.5. The van der Waals surface area contributed by atoms with Crippen LogP contribution in [-0.4, -0.2) is 38.9 Å². The summed E-state index contributed by atoms with van der Waals surface area (Å²) in [6, 6.07) is 9.22. The molecule has 0 N–H and O–H groups in total. The molecule has 6 heteroatoms. The van der Waals surface area contributed by atoms with E-state index in [2.05, 4.69) is 0 Å². The molecule has 2 atom stereocenters. The average Bonchev–Trinajstić information content (AvgIpc) is 2.88. The van der Waals surface area contributed by atoms with Gasteiger partial charge in [0.1, 0.15) is 0 Å². The third kappa shape index (κ3) is 3.71. The lowest BCUT2D eigenvalue weighted by atomic mass is 9.99. The van der Waals surface area contributed by atoms with Gasteiger partial charge in [-0.1, -0.05) is 37.3 Å². The van der Waals surface area contributed by atoms with E-state index in [1.54, 1.807) is 6.08 Å². The van der Waals surface area contributed by atoms with Crippen LogP contribution < -0.4 is 0 Å². The molecule has 1 heterocycles. The molecule has 1 aromatic carbocycles. The van der Waals surface area contributed by atoms with E-state index in [-0.39, 0.29) is 18.4 Å². The quantitative estimate of drug-likeness (QED) is 0.795. The molecule has 1 saturated heterocycles. The SMILES string of the molecule is COC(=O)C1CN(S(=O)(=O)/C=C/c2ccccc2)CC1C. The molecule has 0 saturated carbocycles. The molecular formula is C15H19NO4S. The fraction of sp³-hybridized carbons (Fsp3) is 0.400. The smallest absolute Gasteiger partial charge is 0.310 e. The van der Waals surface area contributed by atoms with E-state index in [1.165, 1.54) is 16.8 Å². The second-order valence-corrected chi connectivity index (χ2v) is 7.00. The Morgan fingerprint density at radius 3 is 2.57 bits per heavy atom. The third-order valence-electron chi connectivity index (χ3n) is 3.67. The van der Waals surface area contributed by atoms with Crippen molar-refractivity contribution in [1.82, 2.24) is 4.31 Å². The van der Waals surface area contributed by atoms with Gasteiger partial charge in [0.25, 0.3) is 0 Å². The molecule has 2 rings (SSSR count). The lowest BCUT2D eigenvalue weighted by Crippen LogP contribution is -2.28. The average molecular weight is 309 g/mol. The first-order valence-electron chi connectivity index (χ1n) is 6.75. The second-order valence-electron chi connectivity index (χ2n) is 5.18. The largest absolute Gasteiger partial charge is 0.469 e. The first-order chi connectivity index (χ1) is 9.94. The van der Waals surface area contributed by atoms with E-state index in [4.69, 9.17) is 4.74 Å². The molecule has 0 aromatic heterocycles. The van der Waals surface area contributed by atoms with Gasteiger partial charge in [-0.2, -0.15) is 4.31 Å². The highest BCUT2D eigenvalue weighted by molar-refractivity contribution is 7.92. The Bertz CT molecular complexity index is 624. The van der Waals surface area contributed by atoms with Gasteiger partial charge in [0.05, 0.1) is 13.0 Å². The van der Waals surface area contributed by atoms with Gasteiger partial charge in [-0.3, -0.25) is 4.79 Å². The molecule has 21 heavy (non-hydrogen) atoms. The normalized spacial score (nSPS) is 23.5. The molecule has 0 bridgehead atoms. The number of carbonyl (C=O) groups is 1. The Morgan fingerprint density at radius 2 is 1.95 bits per heavy atom. The molecule has 0 aliphatic carbocycles. The van der Waals surface area contributed by atoms with E-state index in [0.717, 1.165) is 5.56 Å². The van der Waals surface area contributed by atoms with Crippen molar-refractivity contribution in [2.75, 3.05) is 20.2 Å². The summed E-state index contributed by atoms with van der Waals surface area (Å²) in [5, 5.41) is 1.19. The van der Waals surface area contributed by atoms with E-state index < -0.39 is 15.9 Å². The molecule has 1 fully saturated rings. The molecule has 1 aromatic rings. The summed E-state index contributed by atoms with van der Waals surface area (Å²) in [5.41, 5.74) is 0.817. The maximum atomic E-state index is 12.3. The van der Waals surface area contributed by atoms with Crippen molar-refractivity contribution in [3.8, 4) is 0 Å².